The van der Waals surface area contributed by atoms with E-state index in [1.165, 1.54) is 6.07 Å². The maximum Gasteiger partial charge on any atom is 0.232 e. The maximum atomic E-state index is 13.8. The Morgan fingerprint density at radius 2 is 1.78 bits per heavy atom. The molecule has 2 heterocycles. The standard InChI is InChI=1S/C19H14FNO2/c20-16-7-3-1-6-14(16)18-10-9-12(23-18)11-15-13-5-2-4-8-17(13)21-19(15)22/h1-10,15H,11H2,(H,21,22). The van der Waals surface area contributed by atoms with E-state index in [2.05, 4.69) is 5.32 Å². The molecule has 0 saturated carbocycles. The van der Waals surface area contributed by atoms with Gasteiger partial charge in [-0.25, -0.2) is 4.39 Å². The molecule has 0 spiro atoms. The Labute approximate surface area is 132 Å². The van der Waals surface area contributed by atoms with Crippen LogP contribution >= 0.6 is 0 Å². The minimum absolute atomic E-state index is 0.0324. The molecule has 1 aliphatic heterocycles. The van der Waals surface area contributed by atoms with Crippen LogP contribution in [0.1, 0.15) is 17.2 Å². The van der Waals surface area contributed by atoms with Crippen molar-refractivity contribution in [2.45, 2.75) is 12.3 Å². The quantitative estimate of drug-likeness (QED) is 0.781. The summed E-state index contributed by atoms with van der Waals surface area (Å²) in [6.07, 6.45) is 0.456. The fourth-order valence-corrected chi connectivity index (χ4v) is 2.97. The van der Waals surface area contributed by atoms with Crippen molar-refractivity contribution in [1.82, 2.24) is 0 Å². The first kappa shape index (κ1) is 13.8. The van der Waals surface area contributed by atoms with Gasteiger partial charge >= 0.3 is 0 Å². The second-order valence-corrected chi connectivity index (χ2v) is 5.58. The van der Waals surface area contributed by atoms with Crippen LogP contribution in [0.4, 0.5) is 10.1 Å². The molecular weight excluding hydrogens is 293 g/mol. The lowest BCUT2D eigenvalue weighted by Gasteiger charge is -2.06. The molecule has 114 valence electrons. The number of para-hydroxylation sites is 1. The van der Waals surface area contributed by atoms with Crippen molar-refractivity contribution in [3.63, 3.8) is 0 Å². The summed E-state index contributed by atoms with van der Waals surface area (Å²) >= 11 is 0. The Morgan fingerprint density at radius 1 is 1.00 bits per heavy atom. The van der Waals surface area contributed by atoms with Gasteiger partial charge in [0.25, 0.3) is 0 Å². The van der Waals surface area contributed by atoms with Gasteiger partial charge in [0.2, 0.25) is 5.91 Å². The lowest BCUT2D eigenvalue weighted by atomic mass is 9.96. The van der Waals surface area contributed by atoms with Gasteiger partial charge in [0, 0.05) is 12.1 Å². The third kappa shape index (κ3) is 2.42. The fraction of sp³-hybridized carbons (Fsp3) is 0.105. The first-order valence-electron chi connectivity index (χ1n) is 7.46. The highest BCUT2D eigenvalue weighted by Crippen LogP contribution is 2.35. The monoisotopic (exact) mass is 307 g/mol. The summed E-state index contributed by atoms with van der Waals surface area (Å²) in [6.45, 7) is 0. The van der Waals surface area contributed by atoms with E-state index in [0.29, 0.717) is 23.5 Å². The SMILES string of the molecule is O=C1Nc2ccccc2C1Cc1ccc(-c2ccccc2F)o1. The summed E-state index contributed by atoms with van der Waals surface area (Å²) in [6, 6.07) is 17.7. The molecule has 2 aromatic carbocycles. The zero-order chi connectivity index (χ0) is 15.8. The number of nitrogens with one attached hydrogen (secondary N) is 1. The first-order valence-corrected chi connectivity index (χ1v) is 7.46. The van der Waals surface area contributed by atoms with Gasteiger partial charge in [0.15, 0.2) is 0 Å². The highest BCUT2D eigenvalue weighted by molar-refractivity contribution is 6.02. The minimum Gasteiger partial charge on any atom is -0.461 e. The number of carbonyl (C=O) groups excluding carboxylic acids is 1. The van der Waals surface area contributed by atoms with Crippen LogP contribution in [0.2, 0.25) is 0 Å². The van der Waals surface area contributed by atoms with Crippen LogP contribution in [0.25, 0.3) is 11.3 Å². The molecule has 3 nitrogen and oxygen atoms in total. The lowest BCUT2D eigenvalue weighted by molar-refractivity contribution is -0.117. The van der Waals surface area contributed by atoms with E-state index in [4.69, 9.17) is 4.42 Å². The Kier molecular flexibility index (Phi) is 3.23. The highest BCUT2D eigenvalue weighted by atomic mass is 19.1. The summed E-state index contributed by atoms with van der Waals surface area (Å²) in [5.41, 5.74) is 2.25. The van der Waals surface area contributed by atoms with Gasteiger partial charge < -0.3 is 9.73 Å². The molecule has 3 aromatic rings. The van der Waals surface area contributed by atoms with E-state index in [-0.39, 0.29) is 17.6 Å². The number of benzene rings is 2. The molecular formula is C19H14FNO2. The van der Waals surface area contributed by atoms with E-state index in [1.54, 1.807) is 30.3 Å². The smallest absolute Gasteiger partial charge is 0.232 e. The van der Waals surface area contributed by atoms with E-state index in [0.717, 1.165) is 11.3 Å². The highest BCUT2D eigenvalue weighted by Gasteiger charge is 2.31. The molecule has 0 radical (unpaired) electrons. The Morgan fingerprint density at radius 3 is 2.65 bits per heavy atom. The zero-order valence-corrected chi connectivity index (χ0v) is 12.3. The van der Waals surface area contributed by atoms with Crippen molar-refractivity contribution in [2.75, 3.05) is 5.32 Å². The van der Waals surface area contributed by atoms with Crippen molar-refractivity contribution in [1.29, 1.82) is 0 Å². The molecule has 0 fully saturated rings. The number of rotatable bonds is 3. The van der Waals surface area contributed by atoms with E-state index in [9.17, 15) is 9.18 Å². The number of hydrogen-bond donors (Lipinski definition) is 1. The average molecular weight is 307 g/mol. The van der Waals surface area contributed by atoms with Gasteiger partial charge in [-0.1, -0.05) is 30.3 Å². The second kappa shape index (κ2) is 5.39. The third-order valence-electron chi connectivity index (χ3n) is 4.12. The van der Waals surface area contributed by atoms with Crippen molar-refractivity contribution < 1.29 is 13.6 Å². The van der Waals surface area contributed by atoms with Gasteiger partial charge in [-0.2, -0.15) is 0 Å². The van der Waals surface area contributed by atoms with Crippen LogP contribution in [0, 0.1) is 5.82 Å². The molecule has 23 heavy (non-hydrogen) atoms. The second-order valence-electron chi connectivity index (χ2n) is 5.58. The lowest BCUT2D eigenvalue weighted by Crippen LogP contribution is -2.13. The first-order chi connectivity index (χ1) is 11.2. The number of furan rings is 1. The normalized spacial score (nSPS) is 16.2. The van der Waals surface area contributed by atoms with Gasteiger partial charge in [-0.3, -0.25) is 4.79 Å². The van der Waals surface area contributed by atoms with Gasteiger partial charge in [0.1, 0.15) is 17.3 Å². The molecule has 1 N–H and O–H groups in total. The molecule has 0 aliphatic carbocycles. The van der Waals surface area contributed by atoms with Crippen LogP contribution in [0.15, 0.2) is 65.1 Å². The number of anilines is 1. The molecule has 0 bridgehead atoms. The van der Waals surface area contributed by atoms with Crippen LogP contribution in [-0.4, -0.2) is 5.91 Å². The van der Waals surface area contributed by atoms with Gasteiger partial charge in [-0.05, 0) is 35.9 Å². The average Bonchev–Trinajstić information content (AvgIpc) is 3.14. The molecule has 1 amide bonds. The van der Waals surface area contributed by atoms with Gasteiger partial charge in [0.05, 0.1) is 11.5 Å². The van der Waals surface area contributed by atoms with Crippen LogP contribution in [0.3, 0.4) is 0 Å². The molecule has 4 heteroatoms. The van der Waals surface area contributed by atoms with Crippen LogP contribution < -0.4 is 5.32 Å². The maximum absolute atomic E-state index is 13.8. The summed E-state index contributed by atoms with van der Waals surface area (Å²) in [7, 11) is 0. The Hall–Kier alpha value is -2.88. The van der Waals surface area contributed by atoms with E-state index < -0.39 is 0 Å². The topological polar surface area (TPSA) is 42.2 Å². The zero-order valence-electron chi connectivity index (χ0n) is 12.3. The van der Waals surface area contributed by atoms with Crippen molar-refractivity contribution >= 4 is 11.6 Å². The summed E-state index contributed by atoms with van der Waals surface area (Å²) in [4.78, 5) is 12.2. The van der Waals surface area contributed by atoms with Crippen molar-refractivity contribution in [2.24, 2.45) is 0 Å². The third-order valence-corrected chi connectivity index (χ3v) is 4.12. The molecule has 0 saturated heterocycles. The fourth-order valence-electron chi connectivity index (χ4n) is 2.97. The summed E-state index contributed by atoms with van der Waals surface area (Å²) < 4.78 is 19.6. The van der Waals surface area contributed by atoms with E-state index >= 15 is 0 Å². The summed E-state index contributed by atoms with van der Waals surface area (Å²) in [5, 5.41) is 2.87. The van der Waals surface area contributed by atoms with Crippen LogP contribution in [-0.2, 0) is 11.2 Å². The Balaban J connectivity index is 1.62. The number of carbonyl (C=O) groups is 1. The Bertz CT molecular complexity index is 884. The summed E-state index contributed by atoms with van der Waals surface area (Å²) in [5.74, 6) is 0.517. The minimum atomic E-state index is -0.322. The largest absolute Gasteiger partial charge is 0.461 e. The predicted octanol–water partition coefficient (Wildman–Crippen LogP) is 4.36. The molecule has 4 rings (SSSR count). The van der Waals surface area contributed by atoms with Crippen LogP contribution in [0.5, 0.6) is 0 Å². The number of halogens is 1. The molecule has 1 aliphatic rings. The molecule has 1 atom stereocenters. The number of hydrogen-bond acceptors (Lipinski definition) is 2. The predicted molar refractivity (Wildman–Crippen MR) is 85.6 cm³/mol. The van der Waals surface area contributed by atoms with Crippen molar-refractivity contribution in [3.05, 3.63) is 77.8 Å². The number of amides is 1. The van der Waals surface area contributed by atoms with E-state index in [1.807, 2.05) is 24.3 Å². The molecule has 1 aromatic heterocycles. The molecule has 1 unspecified atom stereocenters. The number of fused-ring (bicyclic) bond motifs is 1. The van der Waals surface area contributed by atoms with Gasteiger partial charge in [-0.15, -0.1) is 0 Å². The van der Waals surface area contributed by atoms with Crippen molar-refractivity contribution in [3.8, 4) is 11.3 Å².